The van der Waals surface area contributed by atoms with Gasteiger partial charge in [0.25, 0.3) is 0 Å². The molecule has 0 aliphatic carbocycles. The molecule has 1 saturated heterocycles. The molecule has 0 aromatic rings. The van der Waals surface area contributed by atoms with Crippen molar-refractivity contribution < 1.29 is 24.2 Å². The quantitative estimate of drug-likeness (QED) is 0.275. The molecule has 1 unspecified atom stereocenters. The maximum atomic E-state index is 12.3. The number of aliphatic hydroxyl groups is 1. The first-order chi connectivity index (χ1) is 13.2. The Labute approximate surface area is 170 Å². The van der Waals surface area contributed by atoms with E-state index >= 15 is 0 Å². The van der Waals surface area contributed by atoms with Gasteiger partial charge in [0.15, 0.2) is 5.60 Å². The van der Waals surface area contributed by atoms with Gasteiger partial charge in [-0.25, -0.2) is 4.79 Å². The molecule has 1 atom stereocenters. The first kappa shape index (κ1) is 24.7. The molecular formula is C23H40O5. The minimum atomic E-state index is -1.13. The topological polar surface area (TPSA) is 72.8 Å². The molecule has 5 heteroatoms. The normalized spacial score (nSPS) is 21.2. The second-order valence-corrected chi connectivity index (χ2v) is 9.12. The van der Waals surface area contributed by atoms with Crippen molar-refractivity contribution in [3.05, 3.63) is 11.6 Å². The summed E-state index contributed by atoms with van der Waals surface area (Å²) in [6.07, 6.45) is 8.51. The first-order valence-corrected chi connectivity index (χ1v) is 10.9. The number of hydrogen-bond acceptors (Lipinski definition) is 5. The Morgan fingerprint density at radius 1 is 1.21 bits per heavy atom. The number of allylic oxidation sites excluding steroid dienone is 1. The molecule has 0 aromatic carbocycles. The van der Waals surface area contributed by atoms with E-state index in [4.69, 9.17) is 9.47 Å². The van der Waals surface area contributed by atoms with Crippen molar-refractivity contribution in [2.45, 2.75) is 91.6 Å². The van der Waals surface area contributed by atoms with Crippen LogP contribution in [-0.2, 0) is 19.1 Å². The second kappa shape index (κ2) is 12.3. The first-order valence-electron chi connectivity index (χ1n) is 10.9. The van der Waals surface area contributed by atoms with Crippen LogP contribution in [0.1, 0.15) is 86.0 Å². The van der Waals surface area contributed by atoms with E-state index in [0.29, 0.717) is 36.2 Å². The van der Waals surface area contributed by atoms with Gasteiger partial charge in [-0.05, 0) is 43.4 Å². The van der Waals surface area contributed by atoms with Crippen molar-refractivity contribution in [1.29, 1.82) is 0 Å². The monoisotopic (exact) mass is 396 g/mol. The zero-order valence-electron chi connectivity index (χ0n) is 18.5. The lowest BCUT2D eigenvalue weighted by Crippen LogP contribution is -2.39. The Bertz CT molecular complexity index is 513. The molecular weight excluding hydrogens is 356 g/mol. The highest BCUT2D eigenvalue weighted by Gasteiger charge is 2.44. The van der Waals surface area contributed by atoms with Crippen molar-refractivity contribution >= 4 is 11.9 Å². The van der Waals surface area contributed by atoms with Crippen molar-refractivity contribution in [3.8, 4) is 0 Å². The van der Waals surface area contributed by atoms with Crippen LogP contribution in [0.25, 0.3) is 0 Å². The number of ether oxygens (including phenoxy) is 2. The number of rotatable bonds is 13. The van der Waals surface area contributed by atoms with Gasteiger partial charge in [-0.3, -0.25) is 4.79 Å². The number of carbonyl (C=O) groups excluding carboxylic acids is 2. The van der Waals surface area contributed by atoms with Crippen LogP contribution in [-0.4, -0.2) is 35.9 Å². The minimum absolute atomic E-state index is 0.0844. The molecule has 1 rings (SSSR count). The van der Waals surface area contributed by atoms with Gasteiger partial charge in [0, 0.05) is 18.4 Å². The number of cyclic esters (lactones) is 1. The van der Waals surface area contributed by atoms with Crippen molar-refractivity contribution in [1.82, 2.24) is 0 Å². The summed E-state index contributed by atoms with van der Waals surface area (Å²) in [6, 6.07) is 0. The highest BCUT2D eigenvalue weighted by Crippen LogP contribution is 2.33. The molecule has 1 aliphatic rings. The molecule has 1 aliphatic heterocycles. The fraction of sp³-hybridized carbons (Fsp3) is 0.826. The van der Waals surface area contributed by atoms with Gasteiger partial charge < -0.3 is 14.6 Å². The molecule has 5 nitrogen and oxygen atoms in total. The zero-order chi connectivity index (χ0) is 21.2. The average molecular weight is 397 g/mol. The third-order valence-electron chi connectivity index (χ3n) is 5.16. The second-order valence-electron chi connectivity index (χ2n) is 9.12. The fourth-order valence-corrected chi connectivity index (χ4v) is 3.82. The van der Waals surface area contributed by atoms with Gasteiger partial charge in [-0.15, -0.1) is 0 Å². The molecule has 0 spiro atoms. The lowest BCUT2D eigenvalue weighted by atomic mass is 9.86. The van der Waals surface area contributed by atoms with Crippen LogP contribution in [0, 0.1) is 17.8 Å². The predicted octanol–water partition coefficient (Wildman–Crippen LogP) is 4.81. The van der Waals surface area contributed by atoms with Gasteiger partial charge in [-0.1, -0.05) is 53.5 Å². The third kappa shape index (κ3) is 8.76. The van der Waals surface area contributed by atoms with Gasteiger partial charge in [-0.2, -0.15) is 0 Å². The molecule has 0 amide bonds. The molecule has 1 fully saturated rings. The van der Waals surface area contributed by atoms with E-state index in [2.05, 4.69) is 34.6 Å². The van der Waals surface area contributed by atoms with E-state index in [0.717, 1.165) is 38.5 Å². The highest BCUT2D eigenvalue weighted by molar-refractivity contribution is 5.91. The molecule has 1 N–H and O–H groups in total. The maximum absolute atomic E-state index is 12.3. The summed E-state index contributed by atoms with van der Waals surface area (Å²) in [4.78, 5) is 24.2. The summed E-state index contributed by atoms with van der Waals surface area (Å²) in [7, 11) is 0. The van der Waals surface area contributed by atoms with Crippen LogP contribution in [0.15, 0.2) is 11.6 Å². The summed E-state index contributed by atoms with van der Waals surface area (Å²) >= 11 is 0. The lowest BCUT2D eigenvalue weighted by Gasteiger charge is -2.24. The summed E-state index contributed by atoms with van der Waals surface area (Å²) < 4.78 is 10.7. The Morgan fingerprint density at radius 3 is 2.39 bits per heavy atom. The molecule has 0 radical (unpaired) electrons. The van der Waals surface area contributed by atoms with Crippen LogP contribution >= 0.6 is 0 Å². The Hall–Kier alpha value is -1.36. The Balaban J connectivity index is 2.66. The molecule has 1 heterocycles. The van der Waals surface area contributed by atoms with E-state index in [1.165, 1.54) is 0 Å². The van der Waals surface area contributed by atoms with Crippen LogP contribution in [0.2, 0.25) is 0 Å². The number of carbonyl (C=O) groups is 2. The van der Waals surface area contributed by atoms with E-state index in [1.807, 2.05) is 6.08 Å². The molecule has 0 saturated carbocycles. The van der Waals surface area contributed by atoms with Crippen LogP contribution in [0.5, 0.6) is 0 Å². The smallest absolute Gasteiger partial charge is 0.334 e. The Kier molecular flexibility index (Phi) is 10.8. The zero-order valence-corrected chi connectivity index (χ0v) is 18.5. The Morgan fingerprint density at radius 2 is 1.86 bits per heavy atom. The fourth-order valence-electron chi connectivity index (χ4n) is 3.82. The number of esters is 2. The predicted molar refractivity (Wildman–Crippen MR) is 111 cm³/mol. The highest BCUT2D eigenvalue weighted by atomic mass is 16.6. The van der Waals surface area contributed by atoms with Gasteiger partial charge in [0.05, 0.1) is 6.61 Å². The molecule has 0 aromatic heterocycles. The SMILES string of the molecule is CCCCCC(=O)OCC1(CO)C/C(=C/CC(CC(C)C)CC(C)C)C(=O)O1. The molecule has 28 heavy (non-hydrogen) atoms. The van der Waals surface area contributed by atoms with Gasteiger partial charge in [0.1, 0.15) is 6.61 Å². The van der Waals surface area contributed by atoms with Crippen LogP contribution < -0.4 is 0 Å². The lowest BCUT2D eigenvalue weighted by molar-refractivity contribution is -0.166. The summed E-state index contributed by atoms with van der Waals surface area (Å²) in [5, 5.41) is 9.80. The molecule has 0 bridgehead atoms. The minimum Gasteiger partial charge on any atom is -0.461 e. The van der Waals surface area contributed by atoms with Gasteiger partial charge >= 0.3 is 11.9 Å². The van der Waals surface area contributed by atoms with Crippen LogP contribution in [0.4, 0.5) is 0 Å². The van der Waals surface area contributed by atoms with E-state index in [-0.39, 0.29) is 19.2 Å². The van der Waals surface area contributed by atoms with Crippen LogP contribution in [0.3, 0.4) is 0 Å². The number of hydrogen-bond donors (Lipinski definition) is 1. The summed E-state index contributed by atoms with van der Waals surface area (Å²) in [5.41, 5.74) is -0.539. The van der Waals surface area contributed by atoms with E-state index < -0.39 is 11.6 Å². The largest absolute Gasteiger partial charge is 0.461 e. The third-order valence-corrected chi connectivity index (χ3v) is 5.16. The molecule has 162 valence electrons. The van der Waals surface area contributed by atoms with Crippen molar-refractivity contribution in [2.24, 2.45) is 17.8 Å². The van der Waals surface area contributed by atoms with E-state index in [1.54, 1.807) is 0 Å². The number of aliphatic hydroxyl groups excluding tert-OH is 1. The van der Waals surface area contributed by atoms with Gasteiger partial charge in [0.2, 0.25) is 0 Å². The van der Waals surface area contributed by atoms with E-state index in [9.17, 15) is 14.7 Å². The van der Waals surface area contributed by atoms with Crippen molar-refractivity contribution in [2.75, 3.05) is 13.2 Å². The summed E-state index contributed by atoms with van der Waals surface area (Å²) in [5.74, 6) is 1.05. The standard InChI is InChI=1S/C23H40O5/c1-6-7-8-9-21(25)27-16-23(15-24)14-20(22(26)28-23)11-10-19(12-17(2)3)13-18(4)5/h11,17-19,24H,6-10,12-16H2,1-5H3/b20-11-. The average Bonchev–Trinajstić information content (AvgIpc) is 2.94. The number of unbranched alkanes of at least 4 members (excludes halogenated alkanes) is 2. The summed E-state index contributed by atoms with van der Waals surface area (Å²) in [6.45, 7) is 10.5. The van der Waals surface area contributed by atoms with Crippen molar-refractivity contribution in [3.63, 3.8) is 0 Å². The maximum Gasteiger partial charge on any atom is 0.334 e.